The second-order valence-corrected chi connectivity index (χ2v) is 14.0. The van der Waals surface area contributed by atoms with E-state index in [1.54, 1.807) is 7.11 Å². The molecule has 22 heavy (non-hydrogen) atoms. The fourth-order valence-electron chi connectivity index (χ4n) is 2.19. The number of rotatable bonds is 8. The van der Waals surface area contributed by atoms with Crippen LogP contribution in [0, 0.1) is 0 Å². The number of hydrogen-bond donors (Lipinski definition) is 0. The molecule has 0 saturated carbocycles. The second kappa shape index (κ2) is 8.40. The Balaban J connectivity index is 2.83. The maximum Gasteiger partial charge on any atom is 0.348 e. The van der Waals surface area contributed by atoms with E-state index >= 15 is 0 Å². The fraction of sp³-hybridized carbons (Fsp3) is 0.647. The zero-order valence-corrected chi connectivity index (χ0v) is 17.5. The highest BCUT2D eigenvalue weighted by molar-refractivity contribution is 6.67. The standard InChI is InChI=1S/C17H33NO2Si2/c1-17(2,3)18(13-16-11-9-8-10-12-16)14-22(7,19-4)20-15-21(5)6/h8-12,21H,13-15H2,1-7H3. The van der Waals surface area contributed by atoms with Gasteiger partial charge in [0.2, 0.25) is 0 Å². The third kappa shape index (κ3) is 6.75. The lowest BCUT2D eigenvalue weighted by Gasteiger charge is -2.40. The summed E-state index contributed by atoms with van der Waals surface area (Å²) in [6.45, 7) is 14.5. The number of nitrogens with zero attached hydrogens (tertiary/aromatic N) is 1. The van der Waals surface area contributed by atoms with Crippen LogP contribution < -0.4 is 0 Å². The number of benzene rings is 1. The Morgan fingerprint density at radius 1 is 1.14 bits per heavy atom. The Bertz CT molecular complexity index is 434. The van der Waals surface area contributed by atoms with Gasteiger partial charge in [0, 0.05) is 31.6 Å². The summed E-state index contributed by atoms with van der Waals surface area (Å²) in [6, 6.07) is 10.6. The molecule has 1 rings (SSSR count). The zero-order chi connectivity index (χ0) is 16.8. The van der Waals surface area contributed by atoms with Gasteiger partial charge in [0.25, 0.3) is 0 Å². The molecule has 1 unspecified atom stereocenters. The molecule has 1 atom stereocenters. The van der Waals surface area contributed by atoms with Crippen molar-refractivity contribution >= 4 is 17.4 Å². The zero-order valence-electron chi connectivity index (χ0n) is 15.3. The van der Waals surface area contributed by atoms with Gasteiger partial charge in [-0.3, -0.25) is 4.90 Å². The average molecular weight is 340 g/mol. The SMILES string of the molecule is CO[Si](C)(CN(Cc1ccccc1)C(C)(C)C)OC[SiH](C)C. The van der Waals surface area contributed by atoms with Crippen LogP contribution in [0.1, 0.15) is 26.3 Å². The van der Waals surface area contributed by atoms with Gasteiger partial charge in [-0.1, -0.05) is 43.4 Å². The molecule has 0 bridgehead atoms. The molecule has 0 N–H and O–H groups in total. The second-order valence-electron chi connectivity index (χ2n) is 7.56. The van der Waals surface area contributed by atoms with Gasteiger partial charge in [0.1, 0.15) is 0 Å². The summed E-state index contributed by atoms with van der Waals surface area (Å²) >= 11 is 0. The van der Waals surface area contributed by atoms with Crippen molar-refractivity contribution in [2.24, 2.45) is 0 Å². The Labute approximate surface area is 139 Å². The van der Waals surface area contributed by atoms with Crippen molar-refractivity contribution in [3.63, 3.8) is 0 Å². The fourth-order valence-corrected chi connectivity index (χ4v) is 6.55. The molecule has 0 heterocycles. The maximum atomic E-state index is 6.24. The molecular formula is C17H33NO2Si2. The quantitative estimate of drug-likeness (QED) is 0.676. The Kier molecular flexibility index (Phi) is 7.48. The summed E-state index contributed by atoms with van der Waals surface area (Å²) in [5.41, 5.74) is 1.42. The van der Waals surface area contributed by atoms with Crippen LogP contribution in [-0.4, -0.2) is 47.3 Å². The Hall–Kier alpha value is -0.466. The molecule has 0 aliphatic heterocycles. The molecule has 0 radical (unpaired) electrons. The molecule has 0 saturated heterocycles. The lowest BCUT2D eigenvalue weighted by atomic mass is 10.1. The van der Waals surface area contributed by atoms with E-state index in [-0.39, 0.29) is 5.54 Å². The minimum atomic E-state index is -2.15. The van der Waals surface area contributed by atoms with Crippen LogP contribution in [0.2, 0.25) is 19.6 Å². The van der Waals surface area contributed by atoms with Gasteiger partial charge in [-0.25, -0.2) is 0 Å². The van der Waals surface area contributed by atoms with Crippen molar-refractivity contribution in [3.8, 4) is 0 Å². The van der Waals surface area contributed by atoms with Crippen LogP contribution >= 0.6 is 0 Å². The van der Waals surface area contributed by atoms with E-state index in [9.17, 15) is 0 Å². The molecule has 0 amide bonds. The molecular weight excluding hydrogens is 306 g/mol. The van der Waals surface area contributed by atoms with Gasteiger partial charge in [-0.15, -0.1) is 0 Å². The predicted molar refractivity (Wildman–Crippen MR) is 100 cm³/mol. The molecule has 0 spiro atoms. The first-order valence-electron chi connectivity index (χ1n) is 8.14. The molecule has 0 fully saturated rings. The van der Waals surface area contributed by atoms with E-state index in [1.807, 2.05) is 0 Å². The molecule has 126 valence electrons. The van der Waals surface area contributed by atoms with Crippen LogP contribution in [0.25, 0.3) is 0 Å². The topological polar surface area (TPSA) is 21.7 Å². The summed E-state index contributed by atoms with van der Waals surface area (Å²) < 4.78 is 12.1. The van der Waals surface area contributed by atoms with E-state index < -0.39 is 17.4 Å². The molecule has 1 aromatic carbocycles. The van der Waals surface area contributed by atoms with Crippen molar-refractivity contribution in [1.82, 2.24) is 4.90 Å². The minimum Gasteiger partial charge on any atom is -0.397 e. The van der Waals surface area contributed by atoms with Crippen LogP contribution in [0.5, 0.6) is 0 Å². The van der Waals surface area contributed by atoms with Crippen LogP contribution in [0.15, 0.2) is 30.3 Å². The van der Waals surface area contributed by atoms with Crippen molar-refractivity contribution in [2.75, 3.05) is 19.5 Å². The van der Waals surface area contributed by atoms with Crippen molar-refractivity contribution < 1.29 is 8.85 Å². The Morgan fingerprint density at radius 3 is 2.18 bits per heavy atom. The van der Waals surface area contributed by atoms with Crippen LogP contribution in [-0.2, 0) is 15.4 Å². The minimum absolute atomic E-state index is 0.0846. The Morgan fingerprint density at radius 2 is 1.73 bits per heavy atom. The van der Waals surface area contributed by atoms with Gasteiger partial charge in [-0.2, -0.15) is 0 Å². The van der Waals surface area contributed by atoms with Crippen molar-refractivity contribution in [3.05, 3.63) is 35.9 Å². The van der Waals surface area contributed by atoms with Crippen molar-refractivity contribution in [2.45, 2.75) is 52.5 Å². The first-order valence-corrected chi connectivity index (χ1v) is 13.8. The highest BCUT2D eigenvalue weighted by Crippen LogP contribution is 2.21. The molecule has 3 nitrogen and oxygen atoms in total. The molecule has 0 aromatic heterocycles. The first-order chi connectivity index (χ1) is 10.2. The lowest BCUT2D eigenvalue weighted by molar-refractivity contribution is 0.121. The highest BCUT2D eigenvalue weighted by Gasteiger charge is 2.36. The van der Waals surface area contributed by atoms with Crippen LogP contribution in [0.4, 0.5) is 0 Å². The molecule has 0 aliphatic rings. The number of hydrogen-bond acceptors (Lipinski definition) is 3. The normalized spacial score (nSPS) is 15.3. The van der Waals surface area contributed by atoms with E-state index in [1.165, 1.54) is 5.56 Å². The third-order valence-corrected chi connectivity index (χ3v) is 7.56. The van der Waals surface area contributed by atoms with Gasteiger partial charge >= 0.3 is 8.56 Å². The van der Waals surface area contributed by atoms with Gasteiger partial charge in [-0.05, 0) is 32.9 Å². The van der Waals surface area contributed by atoms with E-state index in [0.717, 1.165) is 18.9 Å². The van der Waals surface area contributed by atoms with E-state index in [0.29, 0.717) is 0 Å². The summed E-state index contributed by atoms with van der Waals surface area (Å²) in [5, 5.41) is 0. The van der Waals surface area contributed by atoms with E-state index in [4.69, 9.17) is 8.85 Å². The maximum absolute atomic E-state index is 6.24. The summed E-state index contributed by atoms with van der Waals surface area (Å²) in [4.78, 5) is 2.49. The van der Waals surface area contributed by atoms with Gasteiger partial charge in [0.15, 0.2) is 0 Å². The third-order valence-electron chi connectivity index (χ3n) is 3.80. The molecule has 0 aliphatic carbocycles. The summed E-state index contributed by atoms with van der Waals surface area (Å²) in [5.74, 6) is 0. The van der Waals surface area contributed by atoms with Crippen molar-refractivity contribution in [1.29, 1.82) is 0 Å². The van der Waals surface area contributed by atoms with Crippen LogP contribution in [0.3, 0.4) is 0 Å². The predicted octanol–water partition coefficient (Wildman–Crippen LogP) is 3.59. The van der Waals surface area contributed by atoms with Gasteiger partial charge < -0.3 is 8.85 Å². The summed E-state index contributed by atoms with van der Waals surface area (Å²) in [7, 11) is -1.08. The lowest BCUT2D eigenvalue weighted by Crippen LogP contribution is -2.55. The first kappa shape index (κ1) is 19.6. The molecule has 5 heteroatoms. The monoisotopic (exact) mass is 339 g/mol. The average Bonchev–Trinajstić information content (AvgIpc) is 2.45. The largest absolute Gasteiger partial charge is 0.397 e. The molecule has 1 aromatic rings. The van der Waals surface area contributed by atoms with E-state index in [2.05, 4.69) is 75.6 Å². The smallest absolute Gasteiger partial charge is 0.348 e. The summed E-state index contributed by atoms with van der Waals surface area (Å²) in [6.07, 6.45) is 1.79. The highest BCUT2D eigenvalue weighted by atomic mass is 28.4. The van der Waals surface area contributed by atoms with Gasteiger partial charge in [0.05, 0.1) is 8.80 Å².